The Morgan fingerprint density at radius 1 is 0.857 bits per heavy atom. The minimum Gasteiger partial charge on any atom is -0.457 e. The largest absolute Gasteiger partial charge is 0.457 e. The van der Waals surface area contributed by atoms with E-state index >= 15 is 0 Å². The average Bonchev–Trinajstić information content (AvgIpc) is 2.71. The second-order valence-corrected chi connectivity index (χ2v) is 10.2. The molecule has 0 spiro atoms. The number of ether oxygens (including phenoxy) is 1. The predicted molar refractivity (Wildman–Crippen MR) is 108 cm³/mol. The van der Waals surface area contributed by atoms with Crippen LogP contribution in [0.4, 0.5) is 0 Å². The quantitative estimate of drug-likeness (QED) is 0.488. The summed E-state index contributed by atoms with van der Waals surface area (Å²) in [5.41, 5.74) is 1.74. The molecule has 1 aromatic rings. The van der Waals surface area contributed by atoms with Gasteiger partial charge < -0.3 is 4.74 Å². The monoisotopic (exact) mass is 380 g/mol. The Labute approximate surface area is 168 Å². The lowest BCUT2D eigenvalue weighted by Crippen LogP contribution is -2.50. The number of rotatable bonds is 5. The molecule has 5 saturated carbocycles. The fourth-order valence-electron chi connectivity index (χ4n) is 7.11. The number of hydrogen-bond acceptors (Lipinski definition) is 3. The number of carbonyl (C=O) groups is 2. The van der Waals surface area contributed by atoms with E-state index in [1.165, 1.54) is 56.9 Å². The van der Waals surface area contributed by atoms with Gasteiger partial charge in [0, 0.05) is 5.56 Å². The van der Waals surface area contributed by atoms with Gasteiger partial charge in [0.05, 0.1) is 5.41 Å². The van der Waals surface area contributed by atoms with Gasteiger partial charge in [-0.25, -0.2) is 0 Å². The highest BCUT2D eigenvalue weighted by atomic mass is 16.5. The molecule has 28 heavy (non-hydrogen) atoms. The molecule has 0 aromatic heterocycles. The summed E-state index contributed by atoms with van der Waals surface area (Å²) in [5.74, 6) is 2.60. The first-order valence-electron chi connectivity index (χ1n) is 11.4. The van der Waals surface area contributed by atoms with Gasteiger partial charge in [-0.2, -0.15) is 0 Å². The Morgan fingerprint density at radius 2 is 1.43 bits per heavy atom. The van der Waals surface area contributed by atoms with Crippen molar-refractivity contribution in [1.82, 2.24) is 0 Å². The summed E-state index contributed by atoms with van der Waals surface area (Å²) < 4.78 is 5.60. The second-order valence-electron chi connectivity index (χ2n) is 10.2. The summed E-state index contributed by atoms with van der Waals surface area (Å²) >= 11 is 0. The zero-order chi connectivity index (χ0) is 19.1. The van der Waals surface area contributed by atoms with Crippen molar-refractivity contribution in [1.29, 1.82) is 0 Å². The van der Waals surface area contributed by atoms with Crippen molar-refractivity contribution in [3.8, 4) is 0 Å². The third kappa shape index (κ3) is 3.42. The third-order valence-electron chi connectivity index (χ3n) is 8.11. The van der Waals surface area contributed by atoms with Crippen LogP contribution in [0.15, 0.2) is 24.3 Å². The van der Waals surface area contributed by atoms with Crippen molar-refractivity contribution in [3.05, 3.63) is 35.4 Å². The number of Topliss-reactive ketones (excluding diaryl/α,β-unsaturated/α-hetero) is 1. The first-order chi connectivity index (χ1) is 13.6. The lowest BCUT2D eigenvalue weighted by Gasteiger charge is -2.55. The van der Waals surface area contributed by atoms with Crippen LogP contribution in [0.2, 0.25) is 0 Å². The fourth-order valence-corrected chi connectivity index (χ4v) is 7.11. The maximum atomic E-state index is 12.9. The van der Waals surface area contributed by atoms with E-state index in [4.69, 9.17) is 4.74 Å². The van der Waals surface area contributed by atoms with Crippen molar-refractivity contribution in [3.63, 3.8) is 0 Å². The summed E-state index contributed by atoms with van der Waals surface area (Å²) in [7, 11) is 0. The van der Waals surface area contributed by atoms with Crippen LogP contribution in [0.25, 0.3) is 0 Å². The fraction of sp³-hybridized carbons (Fsp3) is 0.680. The molecule has 0 saturated heterocycles. The molecule has 6 rings (SSSR count). The maximum Gasteiger partial charge on any atom is 0.312 e. The molecule has 4 bridgehead atoms. The van der Waals surface area contributed by atoms with E-state index in [1.807, 2.05) is 12.1 Å². The molecule has 0 atom stereocenters. The molecule has 5 aliphatic rings. The van der Waals surface area contributed by atoms with Crippen LogP contribution in [0.1, 0.15) is 92.5 Å². The van der Waals surface area contributed by atoms with Gasteiger partial charge in [-0.15, -0.1) is 0 Å². The smallest absolute Gasteiger partial charge is 0.312 e. The SMILES string of the molecule is O=C(COC(=O)C12CC3CC(CC(C3)C1)C2)c1ccc(C2CCCCC2)cc1. The van der Waals surface area contributed by atoms with Gasteiger partial charge in [-0.1, -0.05) is 43.5 Å². The van der Waals surface area contributed by atoms with Crippen LogP contribution in [0, 0.1) is 23.2 Å². The van der Waals surface area contributed by atoms with Gasteiger partial charge in [-0.3, -0.25) is 9.59 Å². The number of ketones is 1. The topological polar surface area (TPSA) is 43.4 Å². The van der Waals surface area contributed by atoms with E-state index < -0.39 is 0 Å². The van der Waals surface area contributed by atoms with E-state index in [1.54, 1.807) is 0 Å². The first kappa shape index (κ1) is 18.4. The molecule has 5 aliphatic carbocycles. The molecule has 0 N–H and O–H groups in total. The highest BCUT2D eigenvalue weighted by Gasteiger charge is 2.55. The molecule has 0 amide bonds. The van der Waals surface area contributed by atoms with Crippen LogP contribution in [0.5, 0.6) is 0 Å². The number of benzene rings is 1. The minimum absolute atomic E-state index is 0.0757. The Morgan fingerprint density at radius 3 is 2.00 bits per heavy atom. The molecule has 3 heteroatoms. The second kappa shape index (κ2) is 7.31. The van der Waals surface area contributed by atoms with Crippen LogP contribution < -0.4 is 0 Å². The van der Waals surface area contributed by atoms with Crippen LogP contribution >= 0.6 is 0 Å². The van der Waals surface area contributed by atoms with Crippen molar-refractivity contribution in [2.45, 2.75) is 76.5 Å². The minimum atomic E-state index is -0.278. The molecule has 1 aromatic carbocycles. The average molecular weight is 381 g/mol. The third-order valence-corrected chi connectivity index (χ3v) is 8.11. The number of carbonyl (C=O) groups excluding carboxylic acids is 2. The predicted octanol–water partition coefficient (Wildman–Crippen LogP) is 5.68. The van der Waals surface area contributed by atoms with Crippen molar-refractivity contribution >= 4 is 11.8 Å². The highest BCUT2D eigenvalue weighted by molar-refractivity contribution is 5.98. The Balaban J connectivity index is 1.19. The summed E-state index contributed by atoms with van der Waals surface area (Å²) in [6, 6.07) is 8.05. The van der Waals surface area contributed by atoms with Gasteiger partial charge >= 0.3 is 5.97 Å². The van der Waals surface area contributed by atoms with Gasteiger partial charge in [0.1, 0.15) is 0 Å². The van der Waals surface area contributed by atoms with Crippen LogP contribution in [-0.4, -0.2) is 18.4 Å². The molecule has 0 heterocycles. The maximum absolute atomic E-state index is 12.9. The Kier molecular flexibility index (Phi) is 4.80. The molecule has 0 unspecified atom stereocenters. The zero-order valence-electron chi connectivity index (χ0n) is 16.8. The molecule has 0 radical (unpaired) electrons. The first-order valence-corrected chi connectivity index (χ1v) is 11.4. The zero-order valence-corrected chi connectivity index (χ0v) is 16.8. The standard InChI is InChI=1S/C25H32O3/c26-23(22-8-6-21(7-9-22)20-4-2-1-3-5-20)16-28-24(27)25-13-17-10-18(14-25)12-19(11-17)15-25/h6-9,17-20H,1-5,10-16H2. The molecular weight excluding hydrogens is 348 g/mol. The van der Waals surface area contributed by atoms with Gasteiger partial charge in [0.2, 0.25) is 0 Å². The van der Waals surface area contributed by atoms with E-state index in [0.29, 0.717) is 29.2 Å². The number of hydrogen-bond donors (Lipinski definition) is 0. The van der Waals surface area contributed by atoms with E-state index in [9.17, 15) is 9.59 Å². The van der Waals surface area contributed by atoms with Gasteiger partial charge in [0.25, 0.3) is 0 Å². The summed E-state index contributed by atoms with van der Waals surface area (Å²) in [4.78, 5) is 25.5. The Bertz CT molecular complexity index is 706. The van der Waals surface area contributed by atoms with Crippen molar-refractivity contribution in [2.24, 2.45) is 23.2 Å². The molecule has 5 fully saturated rings. The van der Waals surface area contributed by atoms with E-state index in [2.05, 4.69) is 12.1 Å². The van der Waals surface area contributed by atoms with Crippen molar-refractivity contribution < 1.29 is 14.3 Å². The molecule has 0 aliphatic heterocycles. The summed E-state index contributed by atoms with van der Waals surface area (Å²) in [6.45, 7) is -0.108. The highest BCUT2D eigenvalue weighted by Crippen LogP contribution is 2.60. The van der Waals surface area contributed by atoms with E-state index in [-0.39, 0.29) is 23.8 Å². The molecule has 3 nitrogen and oxygen atoms in total. The summed E-state index contributed by atoms with van der Waals surface area (Å²) in [5, 5.41) is 0. The molecule has 150 valence electrons. The summed E-state index contributed by atoms with van der Waals surface area (Å²) in [6.07, 6.45) is 13.4. The van der Waals surface area contributed by atoms with Crippen LogP contribution in [-0.2, 0) is 9.53 Å². The number of esters is 1. The lowest BCUT2D eigenvalue weighted by molar-refractivity contribution is -0.170. The lowest BCUT2D eigenvalue weighted by atomic mass is 9.49. The van der Waals surface area contributed by atoms with E-state index in [0.717, 1.165) is 19.3 Å². The Hall–Kier alpha value is -1.64. The molecular formula is C25H32O3. The van der Waals surface area contributed by atoms with Gasteiger partial charge in [0.15, 0.2) is 12.4 Å². The normalized spacial score (nSPS) is 34.4. The van der Waals surface area contributed by atoms with Crippen LogP contribution in [0.3, 0.4) is 0 Å². The van der Waals surface area contributed by atoms with Crippen molar-refractivity contribution in [2.75, 3.05) is 6.61 Å². The van der Waals surface area contributed by atoms with Gasteiger partial charge in [-0.05, 0) is 80.6 Å².